The van der Waals surface area contributed by atoms with Gasteiger partial charge in [-0.1, -0.05) is 109 Å². The van der Waals surface area contributed by atoms with E-state index in [1.807, 2.05) is 12.1 Å². The first-order valence-electron chi connectivity index (χ1n) is 16.8. The average molecular weight is 633 g/mol. The van der Waals surface area contributed by atoms with Gasteiger partial charge in [-0.25, -0.2) is 0 Å². The number of rotatable bonds is 8. The number of halogens is 1. The number of anilines is 6. The molecule has 0 spiro atoms. The minimum Gasteiger partial charge on any atom is -0.311 e. The number of aryl methyl sites for hydroxylation is 2. The van der Waals surface area contributed by atoms with Gasteiger partial charge in [-0.15, -0.1) is 0 Å². The van der Waals surface area contributed by atoms with Gasteiger partial charge in [-0.05, 0) is 123 Å². The minimum atomic E-state index is -0.00823. The molecule has 6 aromatic carbocycles. The van der Waals surface area contributed by atoms with Gasteiger partial charge in [-0.3, -0.25) is 0 Å². The van der Waals surface area contributed by atoms with E-state index >= 15 is 0 Å². The maximum Gasteiger partial charge on any atom is 0.0462 e. The molecular formula is C44H41ClN2. The van der Waals surface area contributed by atoms with Crippen LogP contribution < -0.4 is 9.80 Å². The Morgan fingerprint density at radius 3 is 1.15 bits per heavy atom. The van der Waals surface area contributed by atoms with Gasteiger partial charge < -0.3 is 9.80 Å². The van der Waals surface area contributed by atoms with E-state index in [1.165, 1.54) is 47.2 Å². The summed E-state index contributed by atoms with van der Waals surface area (Å²) in [4.78, 5) is 4.66. The van der Waals surface area contributed by atoms with Gasteiger partial charge in [0.1, 0.15) is 0 Å². The monoisotopic (exact) mass is 632 g/mol. The van der Waals surface area contributed by atoms with E-state index in [-0.39, 0.29) is 5.41 Å². The third-order valence-corrected chi connectivity index (χ3v) is 10.00. The molecule has 0 N–H and O–H groups in total. The van der Waals surface area contributed by atoms with Gasteiger partial charge in [0.25, 0.3) is 0 Å². The fourth-order valence-electron chi connectivity index (χ4n) is 7.21. The van der Waals surface area contributed by atoms with E-state index < -0.39 is 0 Å². The average Bonchev–Trinajstić information content (AvgIpc) is 3.12. The largest absolute Gasteiger partial charge is 0.311 e. The molecule has 6 aromatic rings. The van der Waals surface area contributed by atoms with Crippen molar-refractivity contribution in [3.63, 3.8) is 0 Å². The molecule has 0 bridgehead atoms. The molecule has 0 heterocycles. The van der Waals surface area contributed by atoms with Crippen molar-refractivity contribution >= 4 is 45.7 Å². The maximum absolute atomic E-state index is 6.28. The standard InChI is InChI=1S/C44H41ClN2/c1-33-11-21-39(22-12-33)46(38-9-5-3-6-10-38)41-25-15-35(16-26-41)44(31-7-4-8-32-44)36-17-27-42(28-18-36)47(40-23-13-34(2)14-24-40)43-29-19-37(45)20-30-43/h3,5-6,9-30H,4,7-8,31-32H2,1-2H3. The Morgan fingerprint density at radius 1 is 0.404 bits per heavy atom. The molecule has 0 aromatic heterocycles. The zero-order chi connectivity index (χ0) is 32.2. The van der Waals surface area contributed by atoms with Gasteiger partial charge in [0.05, 0.1) is 0 Å². The van der Waals surface area contributed by atoms with Crippen molar-refractivity contribution in [3.8, 4) is 0 Å². The Bertz CT molecular complexity index is 1840. The number of hydrogen-bond acceptors (Lipinski definition) is 2. The summed E-state index contributed by atoms with van der Waals surface area (Å²) in [7, 11) is 0. The summed E-state index contributed by atoms with van der Waals surface area (Å²) >= 11 is 6.28. The van der Waals surface area contributed by atoms with Crippen LogP contribution in [0.2, 0.25) is 5.02 Å². The van der Waals surface area contributed by atoms with E-state index in [0.29, 0.717) is 0 Å². The minimum absolute atomic E-state index is 0.00823. The maximum atomic E-state index is 6.28. The van der Waals surface area contributed by atoms with Crippen molar-refractivity contribution in [3.05, 3.63) is 179 Å². The van der Waals surface area contributed by atoms with Crippen LogP contribution in [0, 0.1) is 13.8 Å². The third kappa shape index (κ3) is 6.44. The Labute approximate surface area is 284 Å². The number of hydrogen-bond donors (Lipinski definition) is 0. The lowest BCUT2D eigenvalue weighted by Gasteiger charge is -2.39. The van der Waals surface area contributed by atoms with Crippen molar-refractivity contribution in [1.29, 1.82) is 0 Å². The number of nitrogens with zero attached hydrogens (tertiary/aromatic N) is 2. The SMILES string of the molecule is Cc1ccc(N(c2ccccc2)c2ccc(C3(c4ccc(N(c5ccc(C)cc5)c5ccc(Cl)cc5)cc4)CCCCC3)cc2)cc1. The summed E-state index contributed by atoms with van der Waals surface area (Å²) in [6, 6.07) is 55.0. The highest BCUT2D eigenvalue weighted by atomic mass is 35.5. The molecule has 1 aliphatic carbocycles. The zero-order valence-corrected chi connectivity index (χ0v) is 28.0. The highest BCUT2D eigenvalue weighted by Crippen LogP contribution is 2.47. The second-order valence-electron chi connectivity index (χ2n) is 12.9. The molecule has 0 atom stereocenters. The summed E-state index contributed by atoms with van der Waals surface area (Å²) in [5.41, 5.74) is 12.1. The lowest BCUT2D eigenvalue weighted by atomic mass is 9.65. The Morgan fingerprint density at radius 2 is 0.745 bits per heavy atom. The molecule has 1 saturated carbocycles. The van der Waals surface area contributed by atoms with Gasteiger partial charge in [0, 0.05) is 44.6 Å². The van der Waals surface area contributed by atoms with Crippen LogP contribution >= 0.6 is 11.6 Å². The second kappa shape index (κ2) is 13.5. The van der Waals surface area contributed by atoms with Crippen molar-refractivity contribution in [2.24, 2.45) is 0 Å². The molecule has 0 saturated heterocycles. The number of para-hydroxylation sites is 1. The van der Waals surface area contributed by atoms with Crippen LogP contribution in [-0.4, -0.2) is 0 Å². The summed E-state index contributed by atoms with van der Waals surface area (Å²) in [5.74, 6) is 0. The first-order chi connectivity index (χ1) is 23.0. The molecule has 0 radical (unpaired) electrons. The Hall–Kier alpha value is -4.79. The summed E-state index contributed by atoms with van der Waals surface area (Å²) in [6.45, 7) is 4.27. The molecule has 0 unspecified atom stereocenters. The molecule has 47 heavy (non-hydrogen) atoms. The van der Waals surface area contributed by atoms with Crippen LogP contribution in [0.25, 0.3) is 0 Å². The molecular weight excluding hydrogens is 592 g/mol. The van der Waals surface area contributed by atoms with E-state index in [1.54, 1.807) is 0 Å². The molecule has 2 nitrogen and oxygen atoms in total. The van der Waals surface area contributed by atoms with E-state index in [4.69, 9.17) is 11.6 Å². The number of benzene rings is 6. The Kier molecular flexibility index (Phi) is 8.87. The van der Waals surface area contributed by atoms with E-state index in [9.17, 15) is 0 Å². The molecule has 3 heteroatoms. The highest BCUT2D eigenvalue weighted by Gasteiger charge is 2.36. The summed E-state index contributed by atoms with van der Waals surface area (Å²) in [6.07, 6.45) is 6.09. The van der Waals surface area contributed by atoms with Crippen molar-refractivity contribution in [1.82, 2.24) is 0 Å². The first kappa shape index (κ1) is 30.8. The predicted molar refractivity (Wildman–Crippen MR) is 201 cm³/mol. The van der Waals surface area contributed by atoms with Crippen LogP contribution in [0.1, 0.15) is 54.4 Å². The molecule has 1 aliphatic rings. The highest BCUT2D eigenvalue weighted by molar-refractivity contribution is 6.30. The van der Waals surface area contributed by atoms with Gasteiger partial charge in [0.2, 0.25) is 0 Å². The molecule has 234 valence electrons. The van der Waals surface area contributed by atoms with Crippen LogP contribution in [0.4, 0.5) is 34.1 Å². The van der Waals surface area contributed by atoms with E-state index in [0.717, 1.165) is 46.3 Å². The summed E-state index contributed by atoms with van der Waals surface area (Å²) in [5, 5.41) is 0.740. The fraction of sp³-hybridized carbons (Fsp3) is 0.182. The van der Waals surface area contributed by atoms with Gasteiger partial charge in [-0.2, -0.15) is 0 Å². The molecule has 1 fully saturated rings. The quantitative estimate of drug-likeness (QED) is 0.165. The zero-order valence-electron chi connectivity index (χ0n) is 27.2. The first-order valence-corrected chi connectivity index (χ1v) is 17.1. The summed E-state index contributed by atoms with van der Waals surface area (Å²) < 4.78 is 0. The lowest BCUT2D eigenvalue weighted by Crippen LogP contribution is -2.30. The van der Waals surface area contributed by atoms with Gasteiger partial charge >= 0.3 is 0 Å². The van der Waals surface area contributed by atoms with Crippen molar-refractivity contribution < 1.29 is 0 Å². The van der Waals surface area contributed by atoms with Crippen LogP contribution in [0.3, 0.4) is 0 Å². The third-order valence-electron chi connectivity index (χ3n) is 9.75. The fourth-order valence-corrected chi connectivity index (χ4v) is 7.33. The Balaban J connectivity index is 1.25. The van der Waals surface area contributed by atoms with Crippen molar-refractivity contribution in [2.45, 2.75) is 51.4 Å². The van der Waals surface area contributed by atoms with Crippen LogP contribution in [0.5, 0.6) is 0 Å². The molecule has 0 amide bonds. The van der Waals surface area contributed by atoms with Crippen molar-refractivity contribution in [2.75, 3.05) is 9.80 Å². The van der Waals surface area contributed by atoms with E-state index in [2.05, 4.69) is 163 Å². The molecule has 0 aliphatic heterocycles. The topological polar surface area (TPSA) is 6.48 Å². The predicted octanol–water partition coefficient (Wildman–Crippen LogP) is 13.1. The van der Waals surface area contributed by atoms with Crippen LogP contribution in [0.15, 0.2) is 152 Å². The van der Waals surface area contributed by atoms with Gasteiger partial charge in [0.15, 0.2) is 0 Å². The smallest absolute Gasteiger partial charge is 0.0462 e. The van der Waals surface area contributed by atoms with Crippen LogP contribution in [-0.2, 0) is 5.41 Å². The molecule has 7 rings (SSSR count). The second-order valence-corrected chi connectivity index (χ2v) is 13.3. The lowest BCUT2D eigenvalue weighted by molar-refractivity contribution is 0.346. The normalized spacial score (nSPS) is 14.0.